The van der Waals surface area contributed by atoms with E-state index in [0.29, 0.717) is 0 Å². The molecule has 0 heterocycles. The van der Waals surface area contributed by atoms with Crippen molar-refractivity contribution in [1.29, 1.82) is 0 Å². The Labute approximate surface area is 55.2 Å². The second-order valence-corrected chi connectivity index (χ2v) is 2.26. The minimum absolute atomic E-state index is 0.389. The molecule has 0 aromatic carbocycles. The quantitative estimate of drug-likeness (QED) is 0.390. The molecule has 0 fully saturated rings. The van der Waals surface area contributed by atoms with Gasteiger partial charge in [-0.1, -0.05) is 5.18 Å². The van der Waals surface area contributed by atoms with E-state index in [1.807, 2.05) is 0 Å². The number of rotatable bonds is 0. The van der Waals surface area contributed by atoms with Crippen LogP contribution in [0.5, 0.6) is 0 Å². The van der Waals surface area contributed by atoms with Crippen LogP contribution in [-0.2, 0) is 0 Å². The van der Waals surface area contributed by atoms with Crippen molar-refractivity contribution in [3.8, 4) is 0 Å². The van der Waals surface area contributed by atoms with Crippen LogP contribution in [0.2, 0.25) is 0 Å². The molecule has 0 aliphatic carbocycles. The van der Waals surface area contributed by atoms with Crippen molar-refractivity contribution in [3.63, 3.8) is 0 Å². The Kier molecular flexibility index (Phi) is 6.83. The molecule has 0 radical (unpaired) electrons. The zero-order valence-electron chi connectivity index (χ0n) is 5.38. The van der Waals surface area contributed by atoms with E-state index in [-0.39, 0.29) is 5.54 Å². The predicted molar refractivity (Wildman–Crippen MR) is 38.7 cm³/mol. The summed E-state index contributed by atoms with van der Waals surface area (Å²) in [6.45, 7) is 5.29. The van der Waals surface area contributed by atoms with Crippen molar-refractivity contribution < 1.29 is 0 Å². The maximum Gasteiger partial charge on any atom is 0.0942 e. The van der Waals surface area contributed by atoms with Gasteiger partial charge >= 0.3 is 0 Å². The summed E-state index contributed by atoms with van der Waals surface area (Å²) in [5.74, 6) is 0. The van der Waals surface area contributed by atoms with Crippen LogP contribution in [0.4, 0.5) is 0 Å². The number of nitrogens with zero attached hydrogens (tertiary/aromatic N) is 1. The summed E-state index contributed by atoms with van der Waals surface area (Å²) in [5, 5.41) is 6.97. The average Bonchev–Trinajstić information content (AvgIpc) is 1.71. The summed E-state index contributed by atoms with van der Waals surface area (Å²) in [5.41, 5.74) is -0.389. The first kappa shape index (κ1) is 10.8. The summed E-state index contributed by atoms with van der Waals surface area (Å²) < 4.78 is 0. The van der Waals surface area contributed by atoms with Gasteiger partial charge in [0, 0.05) is 0 Å². The Morgan fingerprint density at radius 2 is 1.50 bits per heavy atom. The fraction of sp³-hybridized carbons (Fsp3) is 1.00. The molecule has 0 aromatic rings. The fourth-order valence-electron chi connectivity index (χ4n) is 0. The lowest BCUT2D eigenvalue weighted by molar-refractivity contribution is 0.578. The molecular weight excluding hydrogens is 124 g/mol. The Balaban J connectivity index is 0. The second-order valence-electron chi connectivity index (χ2n) is 2.26. The van der Waals surface area contributed by atoms with E-state index in [1.165, 1.54) is 0 Å². The molecule has 0 unspecified atom stereocenters. The summed E-state index contributed by atoms with van der Waals surface area (Å²) >= 11 is 3.03. The van der Waals surface area contributed by atoms with Crippen LogP contribution in [0.1, 0.15) is 20.8 Å². The molecule has 0 aromatic heterocycles. The maximum absolute atomic E-state index is 9.58. The van der Waals surface area contributed by atoms with Crippen molar-refractivity contribution >= 4 is 12.8 Å². The molecule has 0 aliphatic rings. The smallest absolute Gasteiger partial charge is 0.0942 e. The van der Waals surface area contributed by atoms with Crippen LogP contribution < -0.4 is 5.14 Å². The minimum Gasteiger partial charge on any atom is -0.281 e. The Bertz CT molecular complexity index is 59.5. The van der Waals surface area contributed by atoms with Crippen LogP contribution in [0, 0.1) is 4.91 Å². The SMILES string of the molecule is CC(C)(C)N=O.NS. The number of nitrogens with two attached hydrogens (primary N) is 1. The zero-order valence-corrected chi connectivity index (χ0v) is 6.27. The third-order valence-electron chi connectivity index (χ3n) is 0.274. The van der Waals surface area contributed by atoms with E-state index in [2.05, 4.69) is 23.1 Å². The highest BCUT2D eigenvalue weighted by Crippen LogP contribution is 2.02. The number of hydrogen-bond acceptors (Lipinski definition) is 4. The van der Waals surface area contributed by atoms with Gasteiger partial charge in [0.2, 0.25) is 0 Å². The fourth-order valence-corrected chi connectivity index (χ4v) is 0. The zero-order chi connectivity index (χ0) is 7.21. The Morgan fingerprint density at radius 1 is 1.38 bits per heavy atom. The molecule has 2 N–H and O–H groups in total. The summed E-state index contributed by atoms with van der Waals surface area (Å²) in [6, 6.07) is 0. The van der Waals surface area contributed by atoms with Crippen molar-refractivity contribution in [2.75, 3.05) is 0 Å². The lowest BCUT2D eigenvalue weighted by Gasteiger charge is -2.01. The normalized spacial score (nSPS) is 9.12. The molecule has 0 bridgehead atoms. The van der Waals surface area contributed by atoms with E-state index in [4.69, 9.17) is 0 Å². The van der Waals surface area contributed by atoms with Gasteiger partial charge in [-0.25, -0.2) is 0 Å². The Morgan fingerprint density at radius 3 is 1.50 bits per heavy atom. The molecule has 0 saturated heterocycles. The number of hydrogen-bond donors (Lipinski definition) is 2. The molecule has 0 amide bonds. The first-order valence-corrected chi connectivity index (χ1v) is 2.68. The highest BCUT2D eigenvalue weighted by molar-refractivity contribution is 7.77. The highest BCUT2D eigenvalue weighted by atomic mass is 32.1. The molecule has 8 heavy (non-hydrogen) atoms. The third kappa shape index (κ3) is 16.8. The molecule has 0 rings (SSSR count). The molecule has 50 valence electrons. The topological polar surface area (TPSA) is 55.5 Å². The lowest BCUT2D eigenvalue weighted by atomic mass is 10.1. The summed E-state index contributed by atoms with van der Waals surface area (Å²) in [4.78, 5) is 9.58. The first-order chi connectivity index (χ1) is 3.56. The van der Waals surface area contributed by atoms with Gasteiger partial charge in [0.1, 0.15) is 0 Å². The summed E-state index contributed by atoms with van der Waals surface area (Å²) in [7, 11) is 0. The van der Waals surface area contributed by atoms with E-state index < -0.39 is 0 Å². The minimum atomic E-state index is -0.389. The summed E-state index contributed by atoms with van der Waals surface area (Å²) in [6.07, 6.45) is 0. The van der Waals surface area contributed by atoms with Crippen molar-refractivity contribution in [2.45, 2.75) is 26.3 Å². The molecule has 4 heteroatoms. The van der Waals surface area contributed by atoms with Gasteiger partial charge in [0.25, 0.3) is 0 Å². The van der Waals surface area contributed by atoms with Gasteiger partial charge in [-0.3, -0.25) is 5.14 Å². The monoisotopic (exact) mass is 136 g/mol. The molecule has 0 saturated carbocycles. The Hall–Kier alpha value is -0.0900. The first-order valence-electron chi connectivity index (χ1n) is 2.16. The molecule has 0 aliphatic heterocycles. The third-order valence-corrected chi connectivity index (χ3v) is 0.274. The highest BCUT2D eigenvalue weighted by Gasteiger charge is 2.06. The van der Waals surface area contributed by atoms with Crippen LogP contribution in [0.15, 0.2) is 5.18 Å². The van der Waals surface area contributed by atoms with Gasteiger partial charge < -0.3 is 0 Å². The number of thiol groups is 1. The van der Waals surface area contributed by atoms with Gasteiger partial charge in [-0.05, 0) is 20.8 Å². The lowest BCUT2D eigenvalue weighted by Crippen LogP contribution is -2.06. The molecule has 0 atom stereocenters. The van der Waals surface area contributed by atoms with E-state index in [9.17, 15) is 4.91 Å². The van der Waals surface area contributed by atoms with Crippen LogP contribution in [0.3, 0.4) is 0 Å². The molecule has 3 nitrogen and oxygen atoms in total. The van der Waals surface area contributed by atoms with Gasteiger partial charge in [0.15, 0.2) is 0 Å². The van der Waals surface area contributed by atoms with Gasteiger partial charge in [-0.2, -0.15) is 4.91 Å². The van der Waals surface area contributed by atoms with Crippen molar-refractivity contribution in [3.05, 3.63) is 4.91 Å². The maximum atomic E-state index is 9.58. The van der Waals surface area contributed by atoms with E-state index >= 15 is 0 Å². The van der Waals surface area contributed by atoms with Crippen LogP contribution >= 0.6 is 12.8 Å². The predicted octanol–water partition coefficient (Wildman–Crippen LogP) is 1.34. The number of nitroso groups, excluding NO2 is 1. The van der Waals surface area contributed by atoms with Crippen LogP contribution in [0.25, 0.3) is 0 Å². The second kappa shape index (κ2) is 5.05. The molecular formula is C4H12N2OS. The standard InChI is InChI=1S/C4H9NO.H3NS/c1-4(2,3)5-6;1-2/h1-3H3;2H,1H2. The van der Waals surface area contributed by atoms with Crippen molar-refractivity contribution in [2.24, 2.45) is 10.3 Å². The average molecular weight is 136 g/mol. The van der Waals surface area contributed by atoms with Crippen molar-refractivity contribution in [1.82, 2.24) is 0 Å². The largest absolute Gasteiger partial charge is 0.281 e. The van der Waals surface area contributed by atoms with Crippen LogP contribution in [-0.4, -0.2) is 5.54 Å². The van der Waals surface area contributed by atoms with E-state index in [0.717, 1.165) is 0 Å². The van der Waals surface area contributed by atoms with Gasteiger partial charge in [-0.15, -0.1) is 12.8 Å². The molecule has 0 spiro atoms. The van der Waals surface area contributed by atoms with E-state index in [1.54, 1.807) is 20.8 Å². The van der Waals surface area contributed by atoms with Gasteiger partial charge in [0.05, 0.1) is 5.54 Å².